The van der Waals surface area contributed by atoms with Gasteiger partial charge in [-0.05, 0) is 19.5 Å². The number of benzene rings is 1. The van der Waals surface area contributed by atoms with Gasteiger partial charge in [-0.25, -0.2) is 0 Å². The number of likely N-dealkylation sites (N-methyl/N-ethyl adjacent to an activating group) is 1. The summed E-state index contributed by atoms with van der Waals surface area (Å²) in [5, 5.41) is 10.7. The molecule has 1 N–H and O–H groups in total. The molecular formula is C16H24N2O2. The number of aliphatic hydroxyl groups is 1. The van der Waals surface area contributed by atoms with Crippen molar-refractivity contribution in [1.29, 1.82) is 0 Å². The van der Waals surface area contributed by atoms with Crippen LogP contribution in [0.3, 0.4) is 0 Å². The van der Waals surface area contributed by atoms with E-state index in [1.54, 1.807) is 0 Å². The van der Waals surface area contributed by atoms with Crippen LogP contribution in [0.2, 0.25) is 0 Å². The van der Waals surface area contributed by atoms with E-state index >= 15 is 0 Å². The summed E-state index contributed by atoms with van der Waals surface area (Å²) in [6.07, 6.45) is 0.702. The molecule has 4 heteroatoms. The van der Waals surface area contributed by atoms with Gasteiger partial charge in [0.1, 0.15) is 18.5 Å². The first-order valence-corrected chi connectivity index (χ1v) is 7.54. The summed E-state index contributed by atoms with van der Waals surface area (Å²) < 4.78 is 5.84. The number of ether oxygens (including phenoxy) is 1. The van der Waals surface area contributed by atoms with Crippen LogP contribution >= 0.6 is 0 Å². The normalized spacial score (nSPS) is 31.6. The van der Waals surface area contributed by atoms with Gasteiger partial charge in [-0.2, -0.15) is 0 Å². The maximum Gasteiger partial charge on any atom is 0.125 e. The average Bonchev–Trinajstić information content (AvgIpc) is 2.49. The summed E-state index contributed by atoms with van der Waals surface area (Å²) in [4.78, 5) is 4.81. The van der Waals surface area contributed by atoms with Gasteiger partial charge in [-0.1, -0.05) is 25.1 Å². The van der Waals surface area contributed by atoms with Crippen LogP contribution in [0.15, 0.2) is 24.3 Å². The summed E-state index contributed by atoms with van der Waals surface area (Å²) in [6, 6.07) is 8.48. The molecule has 3 atom stereocenters. The Kier molecular flexibility index (Phi) is 3.96. The van der Waals surface area contributed by atoms with Crippen LogP contribution in [0, 0.1) is 0 Å². The van der Waals surface area contributed by atoms with Gasteiger partial charge in [-0.3, -0.25) is 4.90 Å². The Balaban J connectivity index is 1.76. The Hall–Kier alpha value is -1.10. The highest BCUT2D eigenvalue weighted by Gasteiger charge is 2.36. The largest absolute Gasteiger partial charge is 0.491 e. The van der Waals surface area contributed by atoms with E-state index in [1.807, 2.05) is 24.3 Å². The number of hydrogen-bond acceptors (Lipinski definition) is 4. The molecule has 0 spiro atoms. The molecule has 2 aliphatic heterocycles. The van der Waals surface area contributed by atoms with Crippen molar-refractivity contribution < 1.29 is 9.84 Å². The van der Waals surface area contributed by atoms with E-state index < -0.39 is 6.10 Å². The summed E-state index contributed by atoms with van der Waals surface area (Å²) in [5.74, 6) is 0.831. The van der Waals surface area contributed by atoms with Gasteiger partial charge in [-0.15, -0.1) is 0 Å². The molecule has 1 saturated heterocycles. The zero-order valence-electron chi connectivity index (χ0n) is 12.3. The number of nitrogens with zero attached hydrogens (tertiary/aromatic N) is 2. The molecule has 0 saturated carbocycles. The standard InChI is InChI=1S/C16H24N2O2/c1-3-12-10-18(9-8-17(12)2)14-11-20-15-7-5-4-6-13(15)16(14)19/h4-7,12,14,16,19H,3,8-11H2,1-2H3. The Bertz CT molecular complexity index is 466. The van der Waals surface area contributed by atoms with Gasteiger partial charge in [0.25, 0.3) is 0 Å². The summed E-state index contributed by atoms with van der Waals surface area (Å²) in [5.41, 5.74) is 0.927. The van der Waals surface area contributed by atoms with E-state index in [4.69, 9.17) is 4.74 Å². The lowest BCUT2D eigenvalue weighted by Crippen LogP contribution is -2.57. The third-order valence-electron chi connectivity index (χ3n) is 4.76. The Morgan fingerprint density at radius 3 is 2.90 bits per heavy atom. The molecule has 1 fully saturated rings. The molecule has 3 rings (SSSR count). The molecule has 4 nitrogen and oxygen atoms in total. The lowest BCUT2D eigenvalue weighted by atomic mass is 9.96. The molecule has 0 bridgehead atoms. The zero-order valence-corrected chi connectivity index (χ0v) is 12.3. The highest BCUT2D eigenvalue weighted by atomic mass is 16.5. The second-order valence-electron chi connectivity index (χ2n) is 5.90. The molecule has 0 amide bonds. The molecule has 2 aliphatic rings. The van der Waals surface area contributed by atoms with E-state index in [-0.39, 0.29) is 6.04 Å². The van der Waals surface area contributed by atoms with E-state index in [1.165, 1.54) is 0 Å². The van der Waals surface area contributed by atoms with Crippen molar-refractivity contribution in [3.63, 3.8) is 0 Å². The van der Waals surface area contributed by atoms with Crippen LogP contribution < -0.4 is 4.74 Å². The summed E-state index contributed by atoms with van der Waals surface area (Å²) in [6.45, 7) is 5.88. The van der Waals surface area contributed by atoms with Crippen LogP contribution in [0.25, 0.3) is 0 Å². The quantitative estimate of drug-likeness (QED) is 0.888. The molecule has 3 unspecified atom stereocenters. The maximum absolute atomic E-state index is 10.7. The predicted octanol–water partition coefficient (Wildman–Crippen LogP) is 1.51. The molecule has 110 valence electrons. The minimum Gasteiger partial charge on any atom is -0.491 e. The molecular weight excluding hydrogens is 252 g/mol. The average molecular weight is 276 g/mol. The first-order chi connectivity index (χ1) is 9.70. The number of aliphatic hydroxyl groups excluding tert-OH is 1. The van der Waals surface area contributed by atoms with Crippen molar-refractivity contribution in [2.45, 2.75) is 31.5 Å². The second-order valence-corrected chi connectivity index (χ2v) is 5.90. The van der Waals surface area contributed by atoms with Crippen molar-refractivity contribution in [3.05, 3.63) is 29.8 Å². The van der Waals surface area contributed by atoms with Crippen LogP contribution in [0.5, 0.6) is 5.75 Å². The number of hydrogen-bond donors (Lipinski definition) is 1. The zero-order chi connectivity index (χ0) is 14.1. The van der Waals surface area contributed by atoms with E-state index in [9.17, 15) is 5.11 Å². The fourth-order valence-electron chi connectivity index (χ4n) is 3.35. The van der Waals surface area contributed by atoms with Crippen molar-refractivity contribution in [2.24, 2.45) is 0 Å². The smallest absolute Gasteiger partial charge is 0.125 e. The Morgan fingerprint density at radius 2 is 2.10 bits per heavy atom. The minimum absolute atomic E-state index is 0.0765. The van der Waals surface area contributed by atoms with Crippen molar-refractivity contribution >= 4 is 0 Å². The van der Waals surface area contributed by atoms with Gasteiger partial charge in [0.05, 0.1) is 6.04 Å². The maximum atomic E-state index is 10.7. The van der Waals surface area contributed by atoms with Gasteiger partial charge < -0.3 is 14.7 Å². The highest BCUT2D eigenvalue weighted by molar-refractivity contribution is 5.37. The van der Waals surface area contributed by atoms with Crippen LogP contribution in [-0.2, 0) is 0 Å². The fourth-order valence-corrected chi connectivity index (χ4v) is 3.35. The Morgan fingerprint density at radius 1 is 1.30 bits per heavy atom. The summed E-state index contributed by atoms with van der Waals surface area (Å²) in [7, 11) is 2.19. The minimum atomic E-state index is -0.444. The van der Waals surface area contributed by atoms with Gasteiger partial charge in [0.15, 0.2) is 0 Å². The fraction of sp³-hybridized carbons (Fsp3) is 0.625. The molecule has 0 radical (unpaired) electrons. The number of para-hydroxylation sites is 1. The molecule has 1 aromatic rings. The summed E-state index contributed by atoms with van der Waals surface area (Å²) >= 11 is 0. The van der Waals surface area contributed by atoms with E-state index in [2.05, 4.69) is 23.8 Å². The van der Waals surface area contributed by atoms with Crippen LogP contribution in [-0.4, -0.2) is 60.3 Å². The highest BCUT2D eigenvalue weighted by Crippen LogP contribution is 2.34. The molecule has 0 aromatic heterocycles. The van der Waals surface area contributed by atoms with Gasteiger partial charge in [0, 0.05) is 31.2 Å². The third-order valence-corrected chi connectivity index (χ3v) is 4.76. The van der Waals surface area contributed by atoms with Crippen molar-refractivity contribution in [3.8, 4) is 5.75 Å². The SMILES string of the molecule is CCC1CN(C2COc3ccccc3C2O)CCN1C. The van der Waals surface area contributed by atoms with Crippen molar-refractivity contribution in [2.75, 3.05) is 33.3 Å². The first kappa shape index (κ1) is 13.9. The van der Waals surface area contributed by atoms with E-state index in [0.29, 0.717) is 12.6 Å². The monoisotopic (exact) mass is 276 g/mol. The van der Waals surface area contributed by atoms with Crippen molar-refractivity contribution in [1.82, 2.24) is 9.80 Å². The van der Waals surface area contributed by atoms with Crippen LogP contribution in [0.4, 0.5) is 0 Å². The molecule has 20 heavy (non-hydrogen) atoms. The first-order valence-electron chi connectivity index (χ1n) is 7.54. The second kappa shape index (κ2) is 5.72. The molecule has 0 aliphatic carbocycles. The van der Waals surface area contributed by atoms with Gasteiger partial charge in [0.2, 0.25) is 0 Å². The predicted molar refractivity (Wildman–Crippen MR) is 79.0 cm³/mol. The third kappa shape index (κ3) is 2.43. The number of piperazine rings is 1. The van der Waals surface area contributed by atoms with E-state index in [0.717, 1.165) is 37.4 Å². The number of fused-ring (bicyclic) bond motifs is 1. The van der Waals surface area contributed by atoms with Crippen LogP contribution in [0.1, 0.15) is 25.0 Å². The molecule has 1 aromatic carbocycles. The number of rotatable bonds is 2. The Labute approximate surface area is 120 Å². The lowest BCUT2D eigenvalue weighted by molar-refractivity contribution is -0.0289. The topological polar surface area (TPSA) is 35.9 Å². The molecule has 2 heterocycles. The lowest BCUT2D eigenvalue weighted by Gasteiger charge is -2.45. The van der Waals surface area contributed by atoms with Gasteiger partial charge >= 0.3 is 0 Å².